The summed E-state index contributed by atoms with van der Waals surface area (Å²) in [6.45, 7) is 1.38. The molecule has 0 bridgehead atoms. The van der Waals surface area contributed by atoms with Crippen LogP contribution in [0.2, 0.25) is 0 Å². The van der Waals surface area contributed by atoms with Crippen LogP contribution in [-0.2, 0) is 4.74 Å². The number of urea groups is 1. The molecule has 0 aliphatic carbocycles. The predicted octanol–water partition coefficient (Wildman–Crippen LogP) is 6.08. The van der Waals surface area contributed by atoms with Gasteiger partial charge >= 0.3 is 6.03 Å². The minimum Gasteiger partial charge on any atom is -0.491 e. The number of nitrogens with zero attached hydrogens (tertiary/aromatic N) is 1. The van der Waals surface area contributed by atoms with Crippen molar-refractivity contribution in [2.24, 2.45) is 0 Å². The van der Waals surface area contributed by atoms with Crippen molar-refractivity contribution in [1.29, 1.82) is 0 Å². The van der Waals surface area contributed by atoms with E-state index < -0.39 is 0 Å². The Kier molecular flexibility index (Phi) is 5.34. The first-order chi connectivity index (χ1) is 14.8. The summed E-state index contributed by atoms with van der Waals surface area (Å²) in [5.41, 5.74) is 2.49. The molecule has 5 nitrogen and oxygen atoms in total. The Morgan fingerprint density at radius 1 is 1.00 bits per heavy atom. The van der Waals surface area contributed by atoms with Crippen molar-refractivity contribution >= 4 is 34.9 Å². The normalized spacial score (nSPS) is 17.2. The molecule has 1 fully saturated rings. The molecule has 2 heterocycles. The van der Waals surface area contributed by atoms with E-state index in [-0.39, 0.29) is 12.1 Å². The maximum Gasteiger partial charge on any atom is 0.331 e. The van der Waals surface area contributed by atoms with Gasteiger partial charge in [-0.25, -0.2) is 4.79 Å². The van der Waals surface area contributed by atoms with Gasteiger partial charge in [-0.15, -0.1) is 0 Å². The molecular weight excluding hydrogens is 396 g/mol. The van der Waals surface area contributed by atoms with Crippen molar-refractivity contribution < 1.29 is 14.3 Å². The fraction of sp³-hybridized carbons (Fsp3) is 0.208. The Hall–Kier alpha value is -2.96. The molecule has 152 valence electrons. The summed E-state index contributed by atoms with van der Waals surface area (Å²) >= 11 is 1.68. The smallest absolute Gasteiger partial charge is 0.331 e. The molecule has 2 aliphatic rings. The SMILES string of the molecule is O=C(Nc1ccc(OC[C@@H]2CCCO2)cc1)N1c2ccccc2Sc2ccccc21. The van der Waals surface area contributed by atoms with E-state index in [4.69, 9.17) is 9.47 Å². The molecule has 2 amide bonds. The van der Waals surface area contributed by atoms with Gasteiger partial charge in [-0.2, -0.15) is 0 Å². The Labute approximate surface area is 180 Å². The summed E-state index contributed by atoms with van der Waals surface area (Å²) in [5.74, 6) is 0.772. The van der Waals surface area contributed by atoms with Crippen molar-refractivity contribution in [3.63, 3.8) is 0 Å². The van der Waals surface area contributed by atoms with Gasteiger partial charge in [0, 0.05) is 22.1 Å². The summed E-state index contributed by atoms with van der Waals surface area (Å²) in [6, 6.07) is 23.2. The Balaban J connectivity index is 1.32. The number of benzene rings is 3. The van der Waals surface area contributed by atoms with Gasteiger partial charge in [-0.1, -0.05) is 36.0 Å². The highest BCUT2D eigenvalue weighted by molar-refractivity contribution is 7.99. The van der Waals surface area contributed by atoms with E-state index in [1.807, 2.05) is 72.8 Å². The first kappa shape index (κ1) is 19.0. The maximum absolute atomic E-state index is 13.2. The number of rotatable bonds is 4. The number of carbonyl (C=O) groups is 1. The summed E-state index contributed by atoms with van der Waals surface area (Å²) in [5, 5.41) is 3.02. The Morgan fingerprint density at radius 3 is 2.30 bits per heavy atom. The van der Waals surface area contributed by atoms with Gasteiger partial charge in [0.25, 0.3) is 0 Å². The van der Waals surface area contributed by atoms with Crippen LogP contribution in [0.4, 0.5) is 21.9 Å². The topological polar surface area (TPSA) is 50.8 Å². The molecule has 30 heavy (non-hydrogen) atoms. The van der Waals surface area contributed by atoms with Gasteiger partial charge < -0.3 is 14.8 Å². The lowest BCUT2D eigenvalue weighted by molar-refractivity contribution is 0.0679. The van der Waals surface area contributed by atoms with E-state index >= 15 is 0 Å². The quantitative estimate of drug-likeness (QED) is 0.558. The summed E-state index contributed by atoms with van der Waals surface area (Å²) in [7, 11) is 0. The predicted molar refractivity (Wildman–Crippen MR) is 119 cm³/mol. The van der Waals surface area contributed by atoms with Crippen LogP contribution in [0.25, 0.3) is 0 Å². The van der Waals surface area contributed by atoms with Crippen molar-refractivity contribution in [2.45, 2.75) is 28.7 Å². The molecule has 1 atom stereocenters. The molecule has 0 aromatic heterocycles. The van der Waals surface area contributed by atoms with Crippen LogP contribution < -0.4 is 15.0 Å². The van der Waals surface area contributed by atoms with Crippen LogP contribution in [0.3, 0.4) is 0 Å². The van der Waals surface area contributed by atoms with E-state index in [0.29, 0.717) is 6.61 Å². The molecule has 0 spiro atoms. The van der Waals surface area contributed by atoms with Gasteiger partial charge in [-0.3, -0.25) is 4.90 Å². The van der Waals surface area contributed by atoms with Gasteiger partial charge in [0.2, 0.25) is 0 Å². The van der Waals surface area contributed by atoms with Crippen molar-refractivity contribution in [3.05, 3.63) is 72.8 Å². The van der Waals surface area contributed by atoms with Gasteiger partial charge in [0.1, 0.15) is 12.4 Å². The van der Waals surface area contributed by atoms with E-state index in [9.17, 15) is 4.79 Å². The lowest BCUT2D eigenvalue weighted by Crippen LogP contribution is -2.32. The minimum atomic E-state index is -0.191. The zero-order valence-corrected chi connectivity index (χ0v) is 17.2. The van der Waals surface area contributed by atoms with Crippen LogP contribution in [0.15, 0.2) is 82.6 Å². The number of para-hydroxylation sites is 2. The van der Waals surface area contributed by atoms with E-state index in [2.05, 4.69) is 5.32 Å². The van der Waals surface area contributed by atoms with E-state index in [1.54, 1.807) is 16.7 Å². The van der Waals surface area contributed by atoms with Crippen LogP contribution in [0.5, 0.6) is 5.75 Å². The third-order valence-electron chi connectivity index (χ3n) is 5.20. The second-order valence-electron chi connectivity index (χ2n) is 7.27. The van der Waals surface area contributed by atoms with Crippen LogP contribution >= 0.6 is 11.8 Å². The van der Waals surface area contributed by atoms with Crippen LogP contribution in [0.1, 0.15) is 12.8 Å². The molecule has 1 saturated heterocycles. The zero-order valence-electron chi connectivity index (χ0n) is 16.4. The third kappa shape index (κ3) is 3.88. The second kappa shape index (κ2) is 8.42. The lowest BCUT2D eigenvalue weighted by Gasteiger charge is -2.31. The number of hydrogen-bond donors (Lipinski definition) is 1. The number of ether oxygens (including phenoxy) is 2. The lowest BCUT2D eigenvalue weighted by atomic mass is 10.2. The summed E-state index contributed by atoms with van der Waals surface area (Å²) in [4.78, 5) is 17.1. The van der Waals surface area contributed by atoms with Gasteiger partial charge in [0.15, 0.2) is 0 Å². The monoisotopic (exact) mass is 418 g/mol. The van der Waals surface area contributed by atoms with Crippen molar-refractivity contribution in [3.8, 4) is 5.75 Å². The molecule has 0 unspecified atom stereocenters. The number of amides is 2. The van der Waals surface area contributed by atoms with Crippen LogP contribution in [-0.4, -0.2) is 25.3 Å². The first-order valence-electron chi connectivity index (χ1n) is 10.1. The number of nitrogens with one attached hydrogen (secondary N) is 1. The molecule has 3 aromatic carbocycles. The molecule has 0 radical (unpaired) electrons. The first-order valence-corrected chi connectivity index (χ1v) is 10.9. The number of fused-ring (bicyclic) bond motifs is 2. The summed E-state index contributed by atoms with van der Waals surface area (Å²) < 4.78 is 11.4. The standard InChI is InChI=1S/C24H22N2O3S/c27-24(25-17-11-13-18(14-12-17)29-16-19-6-5-15-28-19)26-20-7-1-3-9-22(20)30-23-10-4-2-8-21(23)26/h1-4,7-14,19H,5-6,15-16H2,(H,25,27)/t19-/m0/s1. The maximum atomic E-state index is 13.2. The summed E-state index contributed by atoms with van der Waals surface area (Å²) in [6.07, 6.45) is 2.33. The highest BCUT2D eigenvalue weighted by Gasteiger charge is 2.27. The van der Waals surface area contributed by atoms with E-state index in [1.165, 1.54) is 0 Å². The van der Waals surface area contributed by atoms with Gasteiger partial charge in [-0.05, 0) is 61.4 Å². The van der Waals surface area contributed by atoms with Crippen LogP contribution in [0, 0.1) is 0 Å². The number of anilines is 3. The number of carbonyl (C=O) groups excluding carboxylic acids is 1. The molecule has 3 aromatic rings. The fourth-order valence-corrected chi connectivity index (χ4v) is 4.76. The van der Waals surface area contributed by atoms with Gasteiger partial charge in [0.05, 0.1) is 17.5 Å². The highest BCUT2D eigenvalue weighted by Crippen LogP contribution is 2.48. The second-order valence-corrected chi connectivity index (χ2v) is 8.36. The molecule has 2 aliphatic heterocycles. The third-order valence-corrected chi connectivity index (χ3v) is 6.33. The van der Waals surface area contributed by atoms with E-state index in [0.717, 1.165) is 52.1 Å². The number of hydrogen-bond acceptors (Lipinski definition) is 4. The largest absolute Gasteiger partial charge is 0.491 e. The Bertz CT molecular complexity index is 1000. The zero-order chi connectivity index (χ0) is 20.3. The Morgan fingerprint density at radius 2 is 1.67 bits per heavy atom. The fourth-order valence-electron chi connectivity index (χ4n) is 3.70. The minimum absolute atomic E-state index is 0.182. The molecule has 6 heteroatoms. The van der Waals surface area contributed by atoms with Crippen molar-refractivity contribution in [2.75, 3.05) is 23.4 Å². The molecular formula is C24H22N2O3S. The molecule has 5 rings (SSSR count). The molecule has 0 saturated carbocycles. The average Bonchev–Trinajstić information content (AvgIpc) is 3.30. The van der Waals surface area contributed by atoms with Crippen molar-refractivity contribution in [1.82, 2.24) is 0 Å². The molecule has 1 N–H and O–H groups in total. The highest BCUT2D eigenvalue weighted by atomic mass is 32.2. The average molecular weight is 419 g/mol.